The normalized spacial score (nSPS) is 15.6. The first-order valence-electron chi connectivity index (χ1n) is 9.70. The van der Waals surface area contributed by atoms with E-state index in [2.05, 4.69) is 21.4 Å². The largest absolute Gasteiger partial charge is 0.444 e. The molecule has 8 nitrogen and oxygen atoms in total. The highest BCUT2D eigenvalue weighted by atomic mass is 16.6. The SMILES string of the molecule is CC(C)(C)OC(=O)NCCC(=O)N1CCN(Cc2cn3ccccc3n2)CC1. The predicted molar refractivity (Wildman–Crippen MR) is 106 cm³/mol. The number of nitrogens with zero attached hydrogens (tertiary/aromatic N) is 4. The van der Waals surface area contributed by atoms with E-state index in [-0.39, 0.29) is 18.9 Å². The van der Waals surface area contributed by atoms with Crippen molar-refractivity contribution >= 4 is 17.6 Å². The van der Waals surface area contributed by atoms with Crippen LogP contribution in [0.2, 0.25) is 0 Å². The van der Waals surface area contributed by atoms with Gasteiger partial charge < -0.3 is 19.4 Å². The Labute approximate surface area is 165 Å². The lowest BCUT2D eigenvalue weighted by molar-refractivity contribution is -0.132. The molecule has 0 unspecified atom stereocenters. The van der Waals surface area contributed by atoms with Gasteiger partial charge in [0.25, 0.3) is 0 Å². The molecule has 0 bridgehead atoms. The number of amides is 2. The van der Waals surface area contributed by atoms with E-state index in [0.29, 0.717) is 13.1 Å². The van der Waals surface area contributed by atoms with Crippen molar-refractivity contribution in [3.63, 3.8) is 0 Å². The van der Waals surface area contributed by atoms with Crippen LogP contribution >= 0.6 is 0 Å². The number of nitrogens with one attached hydrogen (secondary N) is 1. The Kier molecular flexibility index (Phi) is 6.18. The number of pyridine rings is 1. The molecule has 2 aromatic heterocycles. The van der Waals surface area contributed by atoms with Gasteiger partial charge in [-0.15, -0.1) is 0 Å². The molecular weight excluding hydrogens is 358 g/mol. The second-order valence-electron chi connectivity index (χ2n) is 8.03. The maximum absolute atomic E-state index is 12.3. The van der Waals surface area contributed by atoms with E-state index in [1.165, 1.54) is 0 Å². The van der Waals surface area contributed by atoms with Crippen molar-refractivity contribution in [1.29, 1.82) is 0 Å². The van der Waals surface area contributed by atoms with Crippen LogP contribution in [0.3, 0.4) is 0 Å². The Morgan fingerprint density at radius 3 is 2.61 bits per heavy atom. The Morgan fingerprint density at radius 1 is 1.18 bits per heavy atom. The summed E-state index contributed by atoms with van der Waals surface area (Å²) in [6.07, 6.45) is 3.84. The van der Waals surface area contributed by atoms with Crippen LogP contribution in [0.25, 0.3) is 5.65 Å². The molecule has 0 radical (unpaired) electrons. The molecule has 1 N–H and O–H groups in total. The van der Waals surface area contributed by atoms with Crippen LogP contribution in [-0.2, 0) is 16.1 Å². The second-order valence-corrected chi connectivity index (χ2v) is 8.03. The average molecular weight is 387 g/mol. The fourth-order valence-corrected chi connectivity index (χ4v) is 3.19. The average Bonchev–Trinajstić information content (AvgIpc) is 3.03. The Balaban J connectivity index is 1.38. The van der Waals surface area contributed by atoms with Crippen LogP contribution < -0.4 is 5.32 Å². The number of ether oxygens (including phenoxy) is 1. The van der Waals surface area contributed by atoms with Crippen LogP contribution in [0.5, 0.6) is 0 Å². The third-order valence-electron chi connectivity index (χ3n) is 4.53. The summed E-state index contributed by atoms with van der Waals surface area (Å²) < 4.78 is 7.19. The van der Waals surface area contributed by atoms with Crippen molar-refractivity contribution in [1.82, 2.24) is 24.5 Å². The molecule has 0 atom stereocenters. The highest BCUT2D eigenvalue weighted by Gasteiger charge is 2.22. The highest BCUT2D eigenvalue weighted by Crippen LogP contribution is 2.11. The van der Waals surface area contributed by atoms with Crippen molar-refractivity contribution in [2.24, 2.45) is 0 Å². The van der Waals surface area contributed by atoms with Gasteiger partial charge in [0.2, 0.25) is 5.91 Å². The molecule has 28 heavy (non-hydrogen) atoms. The van der Waals surface area contributed by atoms with Crippen LogP contribution in [0, 0.1) is 0 Å². The lowest BCUT2D eigenvalue weighted by Crippen LogP contribution is -2.48. The van der Waals surface area contributed by atoms with Gasteiger partial charge in [0.1, 0.15) is 11.2 Å². The minimum absolute atomic E-state index is 0.0587. The molecule has 1 aliphatic rings. The predicted octanol–water partition coefficient (Wildman–Crippen LogP) is 1.89. The summed E-state index contributed by atoms with van der Waals surface area (Å²) in [4.78, 5) is 32.8. The molecule has 1 saturated heterocycles. The van der Waals surface area contributed by atoms with Crippen molar-refractivity contribution in [3.8, 4) is 0 Å². The molecule has 0 aliphatic carbocycles. The van der Waals surface area contributed by atoms with Gasteiger partial charge in [0.05, 0.1) is 5.69 Å². The van der Waals surface area contributed by atoms with Crippen molar-refractivity contribution in [2.75, 3.05) is 32.7 Å². The number of hydrogen-bond donors (Lipinski definition) is 1. The molecule has 1 fully saturated rings. The topological polar surface area (TPSA) is 79.2 Å². The number of aromatic nitrogens is 2. The fourth-order valence-electron chi connectivity index (χ4n) is 3.19. The minimum Gasteiger partial charge on any atom is -0.444 e. The minimum atomic E-state index is -0.536. The van der Waals surface area contributed by atoms with Gasteiger partial charge in [0, 0.05) is 58.1 Å². The van der Waals surface area contributed by atoms with Gasteiger partial charge in [-0.2, -0.15) is 0 Å². The number of fused-ring (bicyclic) bond motifs is 1. The number of alkyl carbamates (subject to hydrolysis) is 1. The van der Waals surface area contributed by atoms with Gasteiger partial charge in [-0.1, -0.05) is 6.07 Å². The van der Waals surface area contributed by atoms with E-state index in [4.69, 9.17) is 4.74 Å². The number of imidazole rings is 1. The summed E-state index contributed by atoms with van der Waals surface area (Å²) in [5.41, 5.74) is 1.45. The molecular formula is C20H29N5O3. The van der Waals surface area contributed by atoms with E-state index in [9.17, 15) is 9.59 Å². The van der Waals surface area contributed by atoms with Gasteiger partial charge >= 0.3 is 6.09 Å². The van der Waals surface area contributed by atoms with E-state index >= 15 is 0 Å². The zero-order valence-corrected chi connectivity index (χ0v) is 16.9. The summed E-state index contributed by atoms with van der Waals surface area (Å²) >= 11 is 0. The molecule has 3 heterocycles. The summed E-state index contributed by atoms with van der Waals surface area (Å²) in [7, 11) is 0. The van der Waals surface area contributed by atoms with E-state index in [1.807, 2.05) is 54.5 Å². The maximum Gasteiger partial charge on any atom is 0.407 e. The number of rotatable bonds is 5. The van der Waals surface area contributed by atoms with Crippen molar-refractivity contribution in [2.45, 2.75) is 39.3 Å². The van der Waals surface area contributed by atoms with Gasteiger partial charge in [-0.25, -0.2) is 9.78 Å². The van der Waals surface area contributed by atoms with Crippen LogP contribution in [0.15, 0.2) is 30.6 Å². The lowest BCUT2D eigenvalue weighted by atomic mass is 10.2. The lowest BCUT2D eigenvalue weighted by Gasteiger charge is -2.34. The molecule has 8 heteroatoms. The molecule has 2 aromatic rings. The highest BCUT2D eigenvalue weighted by molar-refractivity contribution is 5.77. The first kappa shape index (κ1) is 20.1. The van der Waals surface area contributed by atoms with Crippen LogP contribution in [-0.4, -0.2) is 69.5 Å². The molecule has 0 spiro atoms. The number of piperazine rings is 1. The maximum atomic E-state index is 12.3. The van der Waals surface area contributed by atoms with E-state index < -0.39 is 11.7 Å². The zero-order valence-electron chi connectivity index (χ0n) is 16.9. The first-order chi connectivity index (χ1) is 13.3. The van der Waals surface area contributed by atoms with Gasteiger partial charge in [-0.3, -0.25) is 9.69 Å². The monoisotopic (exact) mass is 387 g/mol. The Hall–Kier alpha value is -2.61. The van der Waals surface area contributed by atoms with Gasteiger partial charge in [-0.05, 0) is 32.9 Å². The molecule has 0 aromatic carbocycles. The van der Waals surface area contributed by atoms with Crippen LogP contribution in [0.4, 0.5) is 4.79 Å². The zero-order chi connectivity index (χ0) is 20.1. The van der Waals surface area contributed by atoms with Gasteiger partial charge in [0.15, 0.2) is 0 Å². The number of carbonyl (C=O) groups excluding carboxylic acids is 2. The smallest absolute Gasteiger partial charge is 0.407 e. The number of hydrogen-bond acceptors (Lipinski definition) is 5. The van der Waals surface area contributed by atoms with Crippen LogP contribution in [0.1, 0.15) is 32.9 Å². The number of carbonyl (C=O) groups is 2. The quantitative estimate of drug-likeness (QED) is 0.848. The molecule has 152 valence electrons. The first-order valence-corrected chi connectivity index (χ1v) is 9.70. The Bertz CT molecular complexity index is 786. The second kappa shape index (κ2) is 8.60. The molecule has 2 amide bonds. The Morgan fingerprint density at radius 2 is 1.93 bits per heavy atom. The molecule has 1 aliphatic heterocycles. The van der Waals surface area contributed by atoms with Crippen molar-refractivity contribution in [3.05, 3.63) is 36.3 Å². The fraction of sp³-hybridized carbons (Fsp3) is 0.550. The summed E-state index contributed by atoms with van der Waals surface area (Å²) in [5.74, 6) is 0.0587. The summed E-state index contributed by atoms with van der Waals surface area (Å²) in [6.45, 7) is 9.52. The molecule has 0 saturated carbocycles. The van der Waals surface area contributed by atoms with E-state index in [1.54, 1.807) is 0 Å². The third-order valence-corrected chi connectivity index (χ3v) is 4.53. The third kappa shape index (κ3) is 5.69. The summed E-state index contributed by atoms with van der Waals surface area (Å²) in [6, 6.07) is 5.96. The summed E-state index contributed by atoms with van der Waals surface area (Å²) in [5, 5.41) is 2.63. The van der Waals surface area contributed by atoms with E-state index in [0.717, 1.165) is 31.0 Å². The van der Waals surface area contributed by atoms with Crippen molar-refractivity contribution < 1.29 is 14.3 Å². The molecule has 3 rings (SSSR count). The standard InChI is InChI=1S/C20H29N5O3/c1-20(2,3)28-19(27)21-8-7-18(26)24-12-10-23(11-13-24)14-16-15-25-9-5-4-6-17(25)22-16/h4-6,9,15H,7-8,10-14H2,1-3H3,(H,21,27).